The van der Waals surface area contributed by atoms with Crippen LogP contribution >= 0.6 is 19.4 Å². The van der Waals surface area contributed by atoms with Crippen molar-refractivity contribution >= 4 is 36.0 Å². The van der Waals surface area contributed by atoms with Gasteiger partial charge in [0.05, 0.1) is 36.5 Å². The molecule has 1 atom stereocenters. The normalized spacial score (nSPS) is 11.5. The minimum absolute atomic E-state index is 0.00948. The summed E-state index contributed by atoms with van der Waals surface area (Å²) in [5.74, 6) is 0.175. The fourth-order valence-corrected chi connectivity index (χ4v) is 5.23. The van der Waals surface area contributed by atoms with Gasteiger partial charge in [0.2, 0.25) is 5.52 Å². The Balaban J connectivity index is 2.21. The summed E-state index contributed by atoms with van der Waals surface area (Å²) in [5, 5.41) is 0.169. The van der Waals surface area contributed by atoms with E-state index in [9.17, 15) is 14.2 Å². The Morgan fingerprint density at radius 3 is 2.21 bits per heavy atom. The standard InChI is InChI=1S/C25H24ClO6P/c1-4-31-20-15-14-17(22(27)16-10-7-6-8-11-16)23(32-5-2)24(20)33(29)25(28)21-18(26)12-9-13-19(21)30-3/h6-15,33H,4-5H2,1-3H3. The number of carbonyl (C=O) groups is 2. The first-order chi connectivity index (χ1) is 15.9. The molecule has 0 aliphatic carbocycles. The van der Waals surface area contributed by atoms with Gasteiger partial charge in [-0.2, -0.15) is 0 Å². The summed E-state index contributed by atoms with van der Waals surface area (Å²) in [7, 11) is -1.85. The third-order valence-corrected chi connectivity index (χ3v) is 6.75. The zero-order valence-corrected chi connectivity index (χ0v) is 20.3. The van der Waals surface area contributed by atoms with Gasteiger partial charge in [-0.25, -0.2) is 0 Å². The van der Waals surface area contributed by atoms with E-state index in [0.29, 0.717) is 5.56 Å². The number of hydrogen-bond donors (Lipinski definition) is 0. The minimum atomic E-state index is -3.25. The fraction of sp³-hybridized carbons (Fsp3) is 0.200. The van der Waals surface area contributed by atoms with E-state index in [4.69, 9.17) is 25.8 Å². The van der Waals surface area contributed by atoms with Crippen molar-refractivity contribution in [2.45, 2.75) is 13.8 Å². The molecule has 0 radical (unpaired) electrons. The summed E-state index contributed by atoms with van der Waals surface area (Å²) in [6.07, 6.45) is 0. The van der Waals surface area contributed by atoms with Crippen LogP contribution in [0.25, 0.3) is 0 Å². The monoisotopic (exact) mass is 486 g/mol. The number of methoxy groups -OCH3 is 1. The van der Waals surface area contributed by atoms with Crippen molar-refractivity contribution in [3.63, 3.8) is 0 Å². The Bertz CT molecular complexity index is 1190. The SMILES string of the molecule is CCOc1ccc(C(=O)c2ccccc2)c(OCC)c1[PH](=O)C(=O)c1c(Cl)cccc1OC. The highest BCUT2D eigenvalue weighted by Crippen LogP contribution is 2.41. The molecular formula is C25H24ClO6P. The topological polar surface area (TPSA) is 78.9 Å². The molecule has 0 aliphatic rings. The quantitative estimate of drug-likeness (QED) is 0.282. The molecule has 172 valence electrons. The van der Waals surface area contributed by atoms with Crippen molar-refractivity contribution in [1.29, 1.82) is 0 Å². The van der Waals surface area contributed by atoms with Crippen LogP contribution in [0.15, 0.2) is 60.7 Å². The average molecular weight is 487 g/mol. The van der Waals surface area contributed by atoms with Crippen LogP contribution in [0.1, 0.15) is 40.1 Å². The van der Waals surface area contributed by atoms with Crippen LogP contribution in [-0.4, -0.2) is 31.6 Å². The van der Waals surface area contributed by atoms with Crippen LogP contribution in [0.5, 0.6) is 17.2 Å². The van der Waals surface area contributed by atoms with Gasteiger partial charge in [0.15, 0.2) is 13.6 Å². The van der Waals surface area contributed by atoms with Crippen molar-refractivity contribution in [3.05, 3.63) is 82.4 Å². The Morgan fingerprint density at radius 2 is 1.58 bits per heavy atom. The van der Waals surface area contributed by atoms with Crippen molar-refractivity contribution < 1.29 is 28.4 Å². The lowest BCUT2D eigenvalue weighted by atomic mass is 10.0. The van der Waals surface area contributed by atoms with Crippen molar-refractivity contribution in [3.8, 4) is 17.2 Å². The zero-order valence-electron chi connectivity index (χ0n) is 18.5. The van der Waals surface area contributed by atoms with E-state index in [2.05, 4.69) is 0 Å². The summed E-state index contributed by atoms with van der Waals surface area (Å²) in [6.45, 7) is 3.97. The molecule has 0 saturated heterocycles. The first kappa shape index (κ1) is 24.6. The molecule has 3 rings (SSSR count). The molecule has 0 spiro atoms. The van der Waals surface area contributed by atoms with Gasteiger partial charge in [0.1, 0.15) is 22.6 Å². The summed E-state index contributed by atoms with van der Waals surface area (Å²) < 4.78 is 30.5. The maximum absolute atomic E-state index is 13.7. The van der Waals surface area contributed by atoms with E-state index in [-0.39, 0.29) is 57.7 Å². The summed E-state index contributed by atoms with van der Waals surface area (Å²) in [6, 6.07) is 16.5. The van der Waals surface area contributed by atoms with E-state index in [1.165, 1.54) is 19.2 Å². The number of ketones is 1. The summed E-state index contributed by atoms with van der Waals surface area (Å²) in [4.78, 5) is 26.6. The number of rotatable bonds is 10. The third-order valence-electron chi connectivity index (χ3n) is 4.84. The molecule has 0 bridgehead atoms. The Hall–Kier alpha value is -3.08. The second-order valence-electron chi connectivity index (χ2n) is 6.85. The number of ether oxygens (including phenoxy) is 3. The molecule has 3 aromatic carbocycles. The molecule has 0 N–H and O–H groups in total. The van der Waals surface area contributed by atoms with Gasteiger partial charge in [-0.15, -0.1) is 0 Å². The van der Waals surface area contributed by atoms with Gasteiger partial charge < -0.3 is 18.8 Å². The van der Waals surface area contributed by atoms with Gasteiger partial charge in [0, 0.05) is 5.56 Å². The fourth-order valence-electron chi connectivity index (χ4n) is 3.40. The van der Waals surface area contributed by atoms with Crippen LogP contribution in [0.4, 0.5) is 0 Å². The van der Waals surface area contributed by atoms with Crippen LogP contribution in [-0.2, 0) is 4.57 Å². The Morgan fingerprint density at radius 1 is 0.879 bits per heavy atom. The number of hydrogen-bond acceptors (Lipinski definition) is 6. The minimum Gasteiger partial charge on any atom is -0.496 e. The van der Waals surface area contributed by atoms with Crippen LogP contribution < -0.4 is 19.5 Å². The molecule has 0 fully saturated rings. The maximum atomic E-state index is 13.7. The molecule has 0 heterocycles. The highest BCUT2D eigenvalue weighted by Gasteiger charge is 2.31. The van der Waals surface area contributed by atoms with Gasteiger partial charge in [-0.05, 0) is 38.1 Å². The number of halogens is 1. The summed E-state index contributed by atoms with van der Waals surface area (Å²) >= 11 is 6.26. The van der Waals surface area contributed by atoms with Gasteiger partial charge in [-0.3, -0.25) is 9.59 Å². The second-order valence-corrected chi connectivity index (χ2v) is 8.87. The molecular weight excluding hydrogens is 463 g/mol. The number of benzene rings is 3. The maximum Gasteiger partial charge on any atom is 0.228 e. The molecule has 0 aromatic heterocycles. The predicted octanol–water partition coefficient (Wildman–Crippen LogP) is 5.40. The average Bonchev–Trinajstić information content (AvgIpc) is 2.83. The molecule has 8 heteroatoms. The Kier molecular flexibility index (Phi) is 8.32. The first-order valence-corrected chi connectivity index (χ1v) is 12.2. The number of carbonyl (C=O) groups excluding carboxylic acids is 2. The molecule has 3 aromatic rings. The molecule has 0 amide bonds. The lowest BCUT2D eigenvalue weighted by Gasteiger charge is -2.18. The lowest BCUT2D eigenvalue weighted by molar-refractivity contribution is 0.103. The van der Waals surface area contributed by atoms with Gasteiger partial charge in [0.25, 0.3) is 0 Å². The largest absolute Gasteiger partial charge is 0.496 e. The lowest BCUT2D eigenvalue weighted by Crippen LogP contribution is -2.18. The van der Waals surface area contributed by atoms with Crippen molar-refractivity contribution in [2.75, 3.05) is 20.3 Å². The highest BCUT2D eigenvalue weighted by molar-refractivity contribution is 7.72. The van der Waals surface area contributed by atoms with Crippen LogP contribution in [0.3, 0.4) is 0 Å². The van der Waals surface area contributed by atoms with Crippen molar-refractivity contribution in [2.24, 2.45) is 0 Å². The molecule has 0 saturated carbocycles. The van der Waals surface area contributed by atoms with Gasteiger partial charge >= 0.3 is 0 Å². The molecule has 1 unspecified atom stereocenters. The van der Waals surface area contributed by atoms with E-state index >= 15 is 0 Å². The summed E-state index contributed by atoms with van der Waals surface area (Å²) in [5.41, 5.74) is -0.0741. The molecule has 0 aliphatic heterocycles. The smallest absolute Gasteiger partial charge is 0.228 e. The van der Waals surface area contributed by atoms with Gasteiger partial charge in [-0.1, -0.05) is 48.0 Å². The van der Waals surface area contributed by atoms with E-state index in [1.54, 1.807) is 62.4 Å². The van der Waals surface area contributed by atoms with E-state index in [0.717, 1.165) is 0 Å². The Labute approximate surface area is 198 Å². The zero-order chi connectivity index (χ0) is 24.0. The first-order valence-electron chi connectivity index (χ1n) is 10.4. The second kappa shape index (κ2) is 11.2. The highest BCUT2D eigenvalue weighted by atomic mass is 35.5. The third kappa shape index (κ3) is 5.13. The van der Waals surface area contributed by atoms with Crippen LogP contribution in [0, 0.1) is 0 Å². The predicted molar refractivity (Wildman–Crippen MR) is 130 cm³/mol. The van der Waals surface area contributed by atoms with E-state index < -0.39 is 13.3 Å². The van der Waals surface area contributed by atoms with Crippen molar-refractivity contribution in [1.82, 2.24) is 0 Å². The van der Waals surface area contributed by atoms with Crippen LogP contribution in [0.2, 0.25) is 5.02 Å². The molecule has 33 heavy (non-hydrogen) atoms. The van der Waals surface area contributed by atoms with E-state index in [1.807, 2.05) is 0 Å². The molecule has 6 nitrogen and oxygen atoms in total.